The Labute approximate surface area is 186 Å². The molecule has 4 aromatic rings. The molecule has 7 heteroatoms. The van der Waals surface area contributed by atoms with Gasteiger partial charge in [0.05, 0.1) is 21.3 Å². The van der Waals surface area contributed by atoms with Crippen LogP contribution >= 0.6 is 0 Å². The summed E-state index contributed by atoms with van der Waals surface area (Å²) in [5.74, 6) is 3.26. The summed E-state index contributed by atoms with van der Waals surface area (Å²) in [6, 6.07) is 19.2. The average molecular weight is 432 g/mol. The molecule has 0 aliphatic heterocycles. The topological polar surface area (TPSA) is 75.8 Å². The van der Waals surface area contributed by atoms with Gasteiger partial charge in [0.1, 0.15) is 6.61 Å². The second-order valence-corrected chi connectivity index (χ2v) is 7.13. The molecular weight excluding hydrogens is 408 g/mol. The molecule has 4 rings (SSSR count). The van der Waals surface area contributed by atoms with E-state index in [2.05, 4.69) is 29.2 Å². The van der Waals surface area contributed by atoms with Gasteiger partial charge in [0.2, 0.25) is 5.82 Å². The number of ether oxygens (including phenoxy) is 4. The second-order valence-electron chi connectivity index (χ2n) is 7.13. The van der Waals surface area contributed by atoms with E-state index in [0.717, 1.165) is 16.7 Å². The van der Waals surface area contributed by atoms with Gasteiger partial charge in [0.15, 0.2) is 23.0 Å². The number of rotatable bonds is 8. The molecule has 0 aliphatic rings. The van der Waals surface area contributed by atoms with Crippen molar-refractivity contribution in [3.63, 3.8) is 0 Å². The van der Waals surface area contributed by atoms with Crippen molar-refractivity contribution >= 4 is 0 Å². The Kier molecular flexibility index (Phi) is 6.26. The van der Waals surface area contributed by atoms with E-state index < -0.39 is 0 Å². The standard InChI is InChI=1S/C25H24N2O5/c1-16-5-7-17(8-6-16)15-31-21-12-9-18(13-23(21)30-4)24-26-25(32-27-24)19-10-11-20(28-2)22(14-19)29-3/h5-14H,15H2,1-4H3. The van der Waals surface area contributed by atoms with E-state index in [1.807, 2.05) is 36.4 Å². The molecule has 0 amide bonds. The van der Waals surface area contributed by atoms with Gasteiger partial charge in [0.25, 0.3) is 5.89 Å². The molecule has 32 heavy (non-hydrogen) atoms. The Morgan fingerprint density at radius 1 is 0.719 bits per heavy atom. The van der Waals surface area contributed by atoms with E-state index in [-0.39, 0.29) is 0 Å². The van der Waals surface area contributed by atoms with Gasteiger partial charge in [-0.25, -0.2) is 0 Å². The molecule has 0 radical (unpaired) electrons. The lowest BCUT2D eigenvalue weighted by Gasteiger charge is -2.11. The molecule has 1 heterocycles. The second kappa shape index (κ2) is 9.43. The van der Waals surface area contributed by atoms with Crippen molar-refractivity contribution in [2.75, 3.05) is 21.3 Å². The fourth-order valence-electron chi connectivity index (χ4n) is 3.20. The molecule has 164 valence electrons. The van der Waals surface area contributed by atoms with Crippen molar-refractivity contribution in [1.29, 1.82) is 0 Å². The summed E-state index contributed by atoms with van der Waals surface area (Å²) in [5.41, 5.74) is 3.77. The first-order chi connectivity index (χ1) is 15.6. The van der Waals surface area contributed by atoms with Crippen LogP contribution in [0.4, 0.5) is 0 Å². The van der Waals surface area contributed by atoms with Gasteiger partial charge in [-0.3, -0.25) is 0 Å². The minimum Gasteiger partial charge on any atom is -0.493 e. The quantitative estimate of drug-likeness (QED) is 0.373. The Morgan fingerprint density at radius 2 is 1.34 bits per heavy atom. The third-order valence-corrected chi connectivity index (χ3v) is 4.99. The molecule has 0 bridgehead atoms. The third kappa shape index (κ3) is 4.51. The number of benzene rings is 3. The molecular formula is C25H24N2O5. The molecule has 0 fully saturated rings. The fraction of sp³-hybridized carbons (Fsp3) is 0.200. The maximum absolute atomic E-state index is 5.95. The highest BCUT2D eigenvalue weighted by atomic mass is 16.5. The number of hydrogen-bond acceptors (Lipinski definition) is 7. The highest BCUT2D eigenvalue weighted by Crippen LogP contribution is 2.35. The smallest absolute Gasteiger partial charge is 0.258 e. The number of aryl methyl sites for hydroxylation is 1. The van der Waals surface area contributed by atoms with Crippen LogP contribution in [-0.4, -0.2) is 31.5 Å². The minimum absolute atomic E-state index is 0.375. The molecule has 3 aromatic carbocycles. The molecule has 0 spiro atoms. The van der Waals surface area contributed by atoms with E-state index in [1.165, 1.54) is 5.56 Å². The molecule has 1 aromatic heterocycles. The van der Waals surface area contributed by atoms with E-state index in [4.69, 9.17) is 23.5 Å². The predicted octanol–water partition coefficient (Wildman–Crippen LogP) is 5.32. The Bertz CT molecular complexity index is 1200. The highest BCUT2D eigenvalue weighted by molar-refractivity contribution is 5.65. The lowest BCUT2D eigenvalue weighted by molar-refractivity contribution is 0.284. The summed E-state index contributed by atoms with van der Waals surface area (Å²) >= 11 is 0. The highest BCUT2D eigenvalue weighted by Gasteiger charge is 2.15. The first kappa shape index (κ1) is 21.2. The van der Waals surface area contributed by atoms with Crippen LogP contribution in [0.15, 0.2) is 65.2 Å². The number of nitrogens with zero attached hydrogens (tertiary/aromatic N) is 2. The van der Waals surface area contributed by atoms with Crippen LogP contribution in [0.25, 0.3) is 22.8 Å². The third-order valence-electron chi connectivity index (χ3n) is 4.99. The maximum atomic E-state index is 5.95. The first-order valence-electron chi connectivity index (χ1n) is 10.0. The first-order valence-corrected chi connectivity index (χ1v) is 10.0. The zero-order chi connectivity index (χ0) is 22.5. The summed E-state index contributed by atoms with van der Waals surface area (Å²) in [4.78, 5) is 4.52. The molecule has 7 nitrogen and oxygen atoms in total. The van der Waals surface area contributed by atoms with Crippen molar-refractivity contribution in [3.8, 4) is 45.8 Å². The predicted molar refractivity (Wildman–Crippen MR) is 120 cm³/mol. The van der Waals surface area contributed by atoms with Crippen LogP contribution < -0.4 is 18.9 Å². The lowest BCUT2D eigenvalue weighted by atomic mass is 10.1. The van der Waals surface area contributed by atoms with Gasteiger partial charge in [-0.2, -0.15) is 4.98 Å². The summed E-state index contributed by atoms with van der Waals surface area (Å²) in [5, 5.41) is 4.11. The Balaban J connectivity index is 1.54. The molecule has 0 saturated carbocycles. The summed E-state index contributed by atoms with van der Waals surface area (Å²) in [6.07, 6.45) is 0. The Morgan fingerprint density at radius 3 is 2.06 bits per heavy atom. The normalized spacial score (nSPS) is 10.6. The van der Waals surface area contributed by atoms with E-state index in [1.54, 1.807) is 33.5 Å². The van der Waals surface area contributed by atoms with E-state index in [0.29, 0.717) is 41.3 Å². The van der Waals surface area contributed by atoms with Crippen molar-refractivity contribution in [2.45, 2.75) is 13.5 Å². The van der Waals surface area contributed by atoms with Crippen LogP contribution in [0.1, 0.15) is 11.1 Å². The molecule has 0 saturated heterocycles. The molecule has 0 N–H and O–H groups in total. The monoisotopic (exact) mass is 432 g/mol. The lowest BCUT2D eigenvalue weighted by Crippen LogP contribution is -1.98. The van der Waals surface area contributed by atoms with Crippen LogP contribution in [0, 0.1) is 6.92 Å². The van der Waals surface area contributed by atoms with Gasteiger partial charge in [-0.1, -0.05) is 35.0 Å². The van der Waals surface area contributed by atoms with Crippen molar-refractivity contribution in [2.24, 2.45) is 0 Å². The van der Waals surface area contributed by atoms with E-state index >= 15 is 0 Å². The number of aromatic nitrogens is 2. The van der Waals surface area contributed by atoms with Crippen LogP contribution in [0.3, 0.4) is 0 Å². The van der Waals surface area contributed by atoms with Crippen molar-refractivity contribution in [1.82, 2.24) is 10.1 Å². The van der Waals surface area contributed by atoms with Crippen molar-refractivity contribution < 1.29 is 23.5 Å². The van der Waals surface area contributed by atoms with Crippen molar-refractivity contribution in [3.05, 3.63) is 71.8 Å². The molecule has 0 atom stereocenters. The molecule has 0 aliphatic carbocycles. The summed E-state index contributed by atoms with van der Waals surface area (Å²) < 4.78 is 27.6. The average Bonchev–Trinajstić information content (AvgIpc) is 3.33. The van der Waals surface area contributed by atoms with E-state index in [9.17, 15) is 0 Å². The fourth-order valence-corrected chi connectivity index (χ4v) is 3.20. The number of hydrogen-bond donors (Lipinski definition) is 0. The van der Waals surface area contributed by atoms with Crippen LogP contribution in [-0.2, 0) is 6.61 Å². The van der Waals surface area contributed by atoms with Gasteiger partial charge < -0.3 is 23.5 Å². The van der Waals surface area contributed by atoms with Gasteiger partial charge >= 0.3 is 0 Å². The van der Waals surface area contributed by atoms with Crippen LogP contribution in [0.5, 0.6) is 23.0 Å². The SMILES string of the molecule is COc1ccc(-c2nc(-c3ccc(OCc4ccc(C)cc4)c(OC)c3)no2)cc1OC. The zero-order valence-corrected chi connectivity index (χ0v) is 18.4. The minimum atomic E-state index is 0.375. The zero-order valence-electron chi connectivity index (χ0n) is 18.4. The maximum Gasteiger partial charge on any atom is 0.258 e. The van der Waals surface area contributed by atoms with Gasteiger partial charge in [-0.15, -0.1) is 0 Å². The van der Waals surface area contributed by atoms with Gasteiger partial charge in [0, 0.05) is 11.1 Å². The summed E-state index contributed by atoms with van der Waals surface area (Å²) in [7, 11) is 4.77. The van der Waals surface area contributed by atoms with Gasteiger partial charge in [-0.05, 0) is 48.9 Å². The Hall–Kier alpha value is -4.00. The largest absolute Gasteiger partial charge is 0.493 e. The van der Waals surface area contributed by atoms with Crippen LogP contribution in [0.2, 0.25) is 0 Å². The summed E-state index contributed by atoms with van der Waals surface area (Å²) in [6.45, 7) is 2.50. The number of methoxy groups -OCH3 is 3. The molecule has 0 unspecified atom stereocenters.